The molecule has 0 aliphatic carbocycles. The summed E-state index contributed by atoms with van der Waals surface area (Å²) < 4.78 is 0. The van der Waals surface area contributed by atoms with Crippen molar-refractivity contribution in [1.29, 1.82) is 0 Å². The summed E-state index contributed by atoms with van der Waals surface area (Å²) in [7, 11) is 0. The zero-order valence-corrected chi connectivity index (χ0v) is 7.21. The quantitative estimate of drug-likeness (QED) is 0.429. The van der Waals surface area contributed by atoms with Gasteiger partial charge in [-0.3, -0.25) is 0 Å². The van der Waals surface area contributed by atoms with Crippen molar-refractivity contribution in [3.63, 3.8) is 0 Å². The van der Waals surface area contributed by atoms with Gasteiger partial charge in [0.2, 0.25) is 0 Å². The molecule has 0 saturated heterocycles. The van der Waals surface area contributed by atoms with Crippen LogP contribution in [0.4, 0.5) is 4.79 Å². The average Bonchev–Trinajstić information content (AvgIpc) is 1.97. The summed E-state index contributed by atoms with van der Waals surface area (Å²) in [6, 6.07) is -0.185. The Morgan fingerprint density at radius 1 is 1.40 bits per heavy atom. The molecule has 2 N–H and O–H groups in total. The third kappa shape index (κ3) is 6.04. The Morgan fingerprint density at radius 3 is 2.50 bits per heavy atom. The number of nitrogens with one attached hydrogen (secondary N) is 2. The van der Waals surface area contributed by atoms with Gasteiger partial charge in [-0.1, -0.05) is 0 Å². The normalized spacial score (nSPS) is 9.00. The Morgan fingerprint density at radius 2 is 2.00 bits per heavy atom. The molecule has 0 atom stereocenters. The van der Waals surface area contributed by atoms with E-state index in [-0.39, 0.29) is 6.03 Å². The van der Waals surface area contributed by atoms with E-state index in [9.17, 15) is 4.79 Å². The molecule has 0 aromatic carbocycles. The minimum Gasteiger partial charge on any atom is -0.337 e. The van der Waals surface area contributed by atoms with E-state index in [0.717, 1.165) is 0 Å². The smallest absolute Gasteiger partial charge is 0.314 e. The number of carbonyl (C=O) groups excluding carboxylic acids is 1. The van der Waals surface area contributed by atoms with E-state index < -0.39 is 0 Å². The molecule has 0 aromatic heterocycles. The zero-order valence-electron chi connectivity index (χ0n) is 5.56. The predicted molar refractivity (Wildman–Crippen MR) is 46.0 cm³/mol. The van der Waals surface area contributed by atoms with Crippen LogP contribution in [0.2, 0.25) is 0 Å². The molecule has 0 heterocycles. The van der Waals surface area contributed by atoms with Gasteiger partial charge in [0, 0.05) is 24.7 Å². The van der Waals surface area contributed by atoms with Crippen LogP contribution >= 0.6 is 24.2 Å². The van der Waals surface area contributed by atoms with Gasteiger partial charge in [0.25, 0.3) is 0 Å². The SMILES string of the molecule is O=C(NCCS)NCCCl. The second kappa shape index (κ2) is 7.02. The first-order valence-electron chi connectivity index (χ1n) is 2.99. The summed E-state index contributed by atoms with van der Waals surface area (Å²) in [5, 5.41) is 5.13. The van der Waals surface area contributed by atoms with Crippen LogP contribution in [-0.2, 0) is 0 Å². The van der Waals surface area contributed by atoms with Crippen LogP contribution in [0.3, 0.4) is 0 Å². The number of thiol groups is 1. The molecule has 0 bridgehead atoms. The van der Waals surface area contributed by atoms with Crippen molar-refractivity contribution >= 4 is 30.3 Å². The van der Waals surface area contributed by atoms with Gasteiger partial charge >= 0.3 is 6.03 Å². The van der Waals surface area contributed by atoms with Crippen molar-refractivity contribution in [2.75, 3.05) is 24.7 Å². The Labute approximate surface area is 70.9 Å². The van der Waals surface area contributed by atoms with Crippen LogP contribution in [0.1, 0.15) is 0 Å². The minimum absolute atomic E-state index is 0.185. The fourth-order valence-electron chi connectivity index (χ4n) is 0.393. The van der Waals surface area contributed by atoms with Gasteiger partial charge in [0.15, 0.2) is 0 Å². The highest BCUT2D eigenvalue weighted by atomic mass is 35.5. The number of amides is 2. The number of hydrogen-bond acceptors (Lipinski definition) is 2. The lowest BCUT2D eigenvalue weighted by atomic mass is 10.7. The lowest BCUT2D eigenvalue weighted by Gasteiger charge is -2.02. The topological polar surface area (TPSA) is 41.1 Å². The maximum atomic E-state index is 10.6. The lowest BCUT2D eigenvalue weighted by molar-refractivity contribution is 0.242. The molecule has 10 heavy (non-hydrogen) atoms. The Balaban J connectivity index is 3.09. The van der Waals surface area contributed by atoms with Gasteiger partial charge in [0.1, 0.15) is 0 Å². The van der Waals surface area contributed by atoms with Crippen molar-refractivity contribution < 1.29 is 4.79 Å². The summed E-state index contributed by atoms with van der Waals surface area (Å²) in [4.78, 5) is 10.6. The van der Waals surface area contributed by atoms with E-state index in [2.05, 4.69) is 23.3 Å². The van der Waals surface area contributed by atoms with Crippen molar-refractivity contribution in [3.8, 4) is 0 Å². The number of rotatable bonds is 4. The van der Waals surface area contributed by atoms with Gasteiger partial charge in [-0.15, -0.1) is 11.6 Å². The van der Waals surface area contributed by atoms with E-state index in [1.807, 2.05) is 0 Å². The first-order chi connectivity index (χ1) is 4.81. The average molecular weight is 183 g/mol. The maximum Gasteiger partial charge on any atom is 0.314 e. The Bertz CT molecular complexity index is 91.6. The minimum atomic E-state index is -0.185. The molecule has 3 nitrogen and oxygen atoms in total. The summed E-state index contributed by atoms with van der Waals surface area (Å²) in [6.07, 6.45) is 0. The van der Waals surface area contributed by atoms with E-state index in [1.165, 1.54) is 0 Å². The van der Waals surface area contributed by atoms with Crippen molar-refractivity contribution in [2.45, 2.75) is 0 Å². The molecule has 0 rings (SSSR count). The molecule has 0 radical (unpaired) electrons. The van der Waals surface area contributed by atoms with E-state index in [4.69, 9.17) is 11.6 Å². The largest absolute Gasteiger partial charge is 0.337 e. The number of urea groups is 1. The second-order valence-corrected chi connectivity index (χ2v) is 2.42. The first-order valence-corrected chi connectivity index (χ1v) is 4.16. The number of alkyl halides is 1. The molecule has 60 valence electrons. The monoisotopic (exact) mass is 182 g/mol. The van der Waals surface area contributed by atoms with E-state index >= 15 is 0 Å². The first kappa shape index (κ1) is 9.91. The highest BCUT2D eigenvalue weighted by Gasteiger charge is 1.94. The van der Waals surface area contributed by atoms with E-state index in [1.54, 1.807) is 0 Å². The summed E-state index contributed by atoms with van der Waals surface area (Å²) >= 11 is 9.24. The van der Waals surface area contributed by atoms with Crippen LogP contribution in [0, 0.1) is 0 Å². The molecule has 2 amide bonds. The molecule has 5 heteroatoms. The van der Waals surface area contributed by atoms with Gasteiger partial charge in [-0.05, 0) is 0 Å². The van der Waals surface area contributed by atoms with Crippen LogP contribution < -0.4 is 10.6 Å². The summed E-state index contributed by atoms with van der Waals surface area (Å²) in [5.74, 6) is 1.09. The standard InChI is InChI=1S/C5H11ClN2OS/c6-1-2-7-5(9)8-3-4-10/h10H,1-4H2,(H2,7,8,9). The molecule has 0 aliphatic rings. The van der Waals surface area contributed by atoms with Gasteiger partial charge in [0.05, 0.1) is 0 Å². The fourth-order valence-corrected chi connectivity index (χ4v) is 0.599. The third-order valence-corrected chi connectivity index (χ3v) is 1.19. The molecule has 0 spiro atoms. The van der Waals surface area contributed by atoms with E-state index in [0.29, 0.717) is 24.7 Å². The van der Waals surface area contributed by atoms with Crippen LogP contribution in [-0.4, -0.2) is 30.8 Å². The van der Waals surface area contributed by atoms with Gasteiger partial charge in [-0.25, -0.2) is 4.79 Å². The highest BCUT2D eigenvalue weighted by Crippen LogP contribution is 1.72. The van der Waals surface area contributed by atoms with Gasteiger partial charge < -0.3 is 10.6 Å². The van der Waals surface area contributed by atoms with Crippen LogP contribution in [0.25, 0.3) is 0 Å². The Kier molecular flexibility index (Phi) is 6.96. The van der Waals surface area contributed by atoms with Gasteiger partial charge in [-0.2, -0.15) is 12.6 Å². The predicted octanol–water partition coefficient (Wildman–Crippen LogP) is 0.454. The third-order valence-electron chi connectivity index (χ3n) is 0.777. The molecule has 0 aliphatic heterocycles. The molecular weight excluding hydrogens is 172 g/mol. The molecule has 0 saturated carbocycles. The summed E-state index contributed by atoms with van der Waals surface area (Å²) in [5.41, 5.74) is 0. The zero-order chi connectivity index (χ0) is 7.82. The number of hydrogen-bond donors (Lipinski definition) is 3. The van der Waals surface area contributed by atoms with Crippen molar-refractivity contribution in [1.82, 2.24) is 10.6 Å². The highest BCUT2D eigenvalue weighted by molar-refractivity contribution is 7.80. The van der Waals surface area contributed by atoms with Crippen LogP contribution in [0.15, 0.2) is 0 Å². The van der Waals surface area contributed by atoms with Crippen molar-refractivity contribution in [3.05, 3.63) is 0 Å². The molecule has 0 unspecified atom stereocenters. The maximum absolute atomic E-state index is 10.6. The lowest BCUT2D eigenvalue weighted by Crippen LogP contribution is -2.37. The number of halogens is 1. The second-order valence-electron chi connectivity index (χ2n) is 1.60. The van der Waals surface area contributed by atoms with Crippen LogP contribution in [0.5, 0.6) is 0 Å². The molecule has 0 aromatic rings. The molecular formula is C5H11ClN2OS. The molecule has 0 fully saturated rings. The summed E-state index contributed by atoms with van der Waals surface area (Å²) in [6.45, 7) is 1.08. The Hall–Kier alpha value is -0.0900. The number of carbonyl (C=O) groups is 1. The fraction of sp³-hybridized carbons (Fsp3) is 0.800. The van der Waals surface area contributed by atoms with Crippen molar-refractivity contribution in [2.24, 2.45) is 0 Å².